The lowest BCUT2D eigenvalue weighted by molar-refractivity contribution is -0.134. The summed E-state index contributed by atoms with van der Waals surface area (Å²) in [4.78, 5) is 30.4. The second-order valence-corrected chi connectivity index (χ2v) is 7.36. The lowest BCUT2D eigenvalue weighted by atomic mass is 10.1. The summed E-state index contributed by atoms with van der Waals surface area (Å²) in [6.07, 6.45) is 1.93. The first-order valence-corrected chi connectivity index (χ1v) is 9.82. The van der Waals surface area contributed by atoms with Crippen LogP contribution >= 0.6 is 0 Å². The number of hydrogen-bond donors (Lipinski definition) is 0. The van der Waals surface area contributed by atoms with E-state index in [0.29, 0.717) is 32.6 Å². The number of aryl methyl sites for hydroxylation is 1. The highest BCUT2D eigenvalue weighted by molar-refractivity contribution is 5.78. The Kier molecular flexibility index (Phi) is 6.39. The standard InChI is InChI=1S/C22H29N3O3/c1-17-6-4-8-21(18(17)2)23-11-13-24(14-12-23)22(27)9-10-25(19(3)26)16-20-7-5-15-28-20/h4-8,15H,9-14,16H2,1-3H3. The van der Waals surface area contributed by atoms with E-state index in [1.807, 2.05) is 11.0 Å². The predicted octanol–water partition coefficient (Wildman–Crippen LogP) is 2.98. The number of furan rings is 1. The normalized spacial score (nSPS) is 14.2. The fourth-order valence-electron chi connectivity index (χ4n) is 3.60. The molecule has 2 heterocycles. The summed E-state index contributed by atoms with van der Waals surface area (Å²) in [5.74, 6) is 0.778. The molecule has 2 aromatic rings. The molecule has 1 saturated heterocycles. The molecule has 150 valence electrons. The van der Waals surface area contributed by atoms with E-state index in [4.69, 9.17) is 4.42 Å². The Labute approximate surface area is 166 Å². The summed E-state index contributed by atoms with van der Waals surface area (Å²) in [6, 6.07) is 10.0. The van der Waals surface area contributed by atoms with Crippen molar-refractivity contribution in [1.82, 2.24) is 9.80 Å². The van der Waals surface area contributed by atoms with Gasteiger partial charge in [0.2, 0.25) is 11.8 Å². The molecule has 6 heteroatoms. The first-order chi connectivity index (χ1) is 13.5. The van der Waals surface area contributed by atoms with E-state index >= 15 is 0 Å². The first-order valence-electron chi connectivity index (χ1n) is 9.82. The molecule has 3 rings (SSSR count). The average Bonchev–Trinajstić information content (AvgIpc) is 3.20. The number of anilines is 1. The maximum absolute atomic E-state index is 12.6. The largest absolute Gasteiger partial charge is 0.467 e. The smallest absolute Gasteiger partial charge is 0.224 e. The van der Waals surface area contributed by atoms with Crippen molar-refractivity contribution in [3.05, 3.63) is 53.5 Å². The summed E-state index contributed by atoms with van der Waals surface area (Å²) in [6.45, 7) is 9.70. The lowest BCUT2D eigenvalue weighted by Gasteiger charge is -2.37. The van der Waals surface area contributed by atoms with Crippen LogP contribution < -0.4 is 4.90 Å². The van der Waals surface area contributed by atoms with E-state index in [0.717, 1.165) is 18.8 Å². The highest BCUT2D eigenvalue weighted by Crippen LogP contribution is 2.24. The fourth-order valence-corrected chi connectivity index (χ4v) is 3.60. The molecule has 1 aliphatic heterocycles. The Balaban J connectivity index is 1.50. The molecule has 1 aromatic heterocycles. The van der Waals surface area contributed by atoms with Crippen LogP contribution in [0.4, 0.5) is 5.69 Å². The third kappa shape index (κ3) is 4.74. The van der Waals surface area contributed by atoms with Crippen LogP contribution in [0.3, 0.4) is 0 Å². The molecule has 0 unspecified atom stereocenters. The number of carbonyl (C=O) groups is 2. The minimum atomic E-state index is -0.0519. The van der Waals surface area contributed by atoms with Crippen molar-refractivity contribution in [2.24, 2.45) is 0 Å². The van der Waals surface area contributed by atoms with Gasteiger partial charge in [-0.2, -0.15) is 0 Å². The Bertz CT molecular complexity index is 808. The zero-order valence-electron chi connectivity index (χ0n) is 17.0. The molecule has 28 heavy (non-hydrogen) atoms. The average molecular weight is 383 g/mol. The van der Waals surface area contributed by atoms with Gasteiger partial charge < -0.3 is 19.1 Å². The van der Waals surface area contributed by atoms with Crippen LogP contribution in [0, 0.1) is 13.8 Å². The van der Waals surface area contributed by atoms with Gasteiger partial charge in [0.25, 0.3) is 0 Å². The third-order valence-corrected chi connectivity index (χ3v) is 5.52. The highest BCUT2D eigenvalue weighted by atomic mass is 16.3. The second-order valence-electron chi connectivity index (χ2n) is 7.36. The molecular weight excluding hydrogens is 354 g/mol. The number of benzene rings is 1. The van der Waals surface area contributed by atoms with Gasteiger partial charge in [0.15, 0.2) is 0 Å². The zero-order chi connectivity index (χ0) is 20.1. The van der Waals surface area contributed by atoms with Crippen LogP contribution in [0.2, 0.25) is 0 Å². The van der Waals surface area contributed by atoms with Gasteiger partial charge in [-0.15, -0.1) is 0 Å². The van der Waals surface area contributed by atoms with E-state index in [2.05, 4.69) is 36.9 Å². The van der Waals surface area contributed by atoms with Crippen LogP contribution in [-0.4, -0.2) is 54.3 Å². The SMILES string of the molecule is CC(=O)N(CCC(=O)N1CCN(c2cccc(C)c2C)CC1)Cc1ccco1. The van der Waals surface area contributed by atoms with E-state index in [-0.39, 0.29) is 11.8 Å². The van der Waals surface area contributed by atoms with Gasteiger partial charge >= 0.3 is 0 Å². The quantitative estimate of drug-likeness (QED) is 0.770. The van der Waals surface area contributed by atoms with E-state index < -0.39 is 0 Å². The van der Waals surface area contributed by atoms with Crippen LogP contribution in [-0.2, 0) is 16.1 Å². The lowest BCUT2D eigenvalue weighted by Crippen LogP contribution is -2.49. The summed E-state index contributed by atoms with van der Waals surface area (Å²) in [5, 5.41) is 0. The van der Waals surface area contributed by atoms with Gasteiger partial charge in [0, 0.05) is 51.8 Å². The number of nitrogens with zero attached hydrogens (tertiary/aromatic N) is 3. The van der Waals surface area contributed by atoms with Gasteiger partial charge in [-0.3, -0.25) is 9.59 Å². The van der Waals surface area contributed by atoms with Gasteiger partial charge in [0.1, 0.15) is 5.76 Å². The summed E-state index contributed by atoms with van der Waals surface area (Å²) < 4.78 is 5.31. The van der Waals surface area contributed by atoms with Crippen molar-refractivity contribution in [3.8, 4) is 0 Å². The minimum absolute atomic E-state index is 0.0519. The number of carbonyl (C=O) groups excluding carboxylic acids is 2. The molecule has 2 amide bonds. The number of rotatable bonds is 6. The Morgan fingerprint density at radius 2 is 1.82 bits per heavy atom. The third-order valence-electron chi connectivity index (χ3n) is 5.52. The minimum Gasteiger partial charge on any atom is -0.467 e. The zero-order valence-corrected chi connectivity index (χ0v) is 17.0. The van der Waals surface area contributed by atoms with Gasteiger partial charge in [-0.25, -0.2) is 0 Å². The maximum atomic E-state index is 12.6. The molecule has 6 nitrogen and oxygen atoms in total. The second kappa shape index (κ2) is 8.95. The summed E-state index contributed by atoms with van der Waals surface area (Å²) in [5.41, 5.74) is 3.85. The molecule has 0 saturated carbocycles. The molecule has 0 N–H and O–H groups in total. The molecule has 0 spiro atoms. The van der Waals surface area contributed by atoms with Crippen molar-refractivity contribution in [2.45, 2.75) is 33.7 Å². The predicted molar refractivity (Wildman–Crippen MR) is 109 cm³/mol. The van der Waals surface area contributed by atoms with E-state index in [9.17, 15) is 9.59 Å². The van der Waals surface area contributed by atoms with Crippen molar-refractivity contribution in [2.75, 3.05) is 37.6 Å². The first kappa shape index (κ1) is 20.0. The van der Waals surface area contributed by atoms with E-state index in [1.54, 1.807) is 17.2 Å². The van der Waals surface area contributed by atoms with Crippen molar-refractivity contribution >= 4 is 17.5 Å². The molecule has 1 aromatic carbocycles. The molecule has 0 bridgehead atoms. The number of hydrogen-bond acceptors (Lipinski definition) is 4. The van der Waals surface area contributed by atoms with Crippen molar-refractivity contribution in [3.63, 3.8) is 0 Å². The summed E-state index contributed by atoms with van der Waals surface area (Å²) >= 11 is 0. The van der Waals surface area contributed by atoms with Crippen LogP contribution in [0.5, 0.6) is 0 Å². The summed E-state index contributed by atoms with van der Waals surface area (Å²) in [7, 11) is 0. The Morgan fingerprint density at radius 3 is 2.46 bits per heavy atom. The van der Waals surface area contributed by atoms with Crippen molar-refractivity contribution in [1.29, 1.82) is 0 Å². The van der Waals surface area contributed by atoms with Crippen molar-refractivity contribution < 1.29 is 14.0 Å². The Morgan fingerprint density at radius 1 is 1.07 bits per heavy atom. The van der Waals surface area contributed by atoms with Crippen LogP contribution in [0.15, 0.2) is 41.0 Å². The highest BCUT2D eigenvalue weighted by Gasteiger charge is 2.23. The molecule has 0 atom stereocenters. The van der Waals surface area contributed by atoms with Crippen LogP contribution in [0.25, 0.3) is 0 Å². The Hall–Kier alpha value is -2.76. The van der Waals surface area contributed by atoms with Crippen LogP contribution in [0.1, 0.15) is 30.2 Å². The van der Waals surface area contributed by atoms with Gasteiger partial charge in [0.05, 0.1) is 12.8 Å². The van der Waals surface area contributed by atoms with Gasteiger partial charge in [-0.05, 0) is 43.2 Å². The number of piperazine rings is 1. The monoisotopic (exact) mass is 383 g/mol. The van der Waals surface area contributed by atoms with Gasteiger partial charge in [-0.1, -0.05) is 12.1 Å². The maximum Gasteiger partial charge on any atom is 0.224 e. The molecule has 0 radical (unpaired) electrons. The fraction of sp³-hybridized carbons (Fsp3) is 0.455. The van der Waals surface area contributed by atoms with E-state index in [1.165, 1.54) is 23.7 Å². The molecule has 1 aliphatic rings. The molecule has 1 fully saturated rings. The molecular formula is C22H29N3O3. The molecule has 0 aliphatic carbocycles. The topological polar surface area (TPSA) is 57.0 Å². The number of amides is 2.